The Morgan fingerprint density at radius 2 is 1.94 bits per heavy atom. The topological polar surface area (TPSA) is 105 Å². The highest BCUT2D eigenvalue weighted by atomic mass is 19.1. The second kappa shape index (κ2) is 7.95. The molecule has 1 saturated heterocycles. The molecule has 1 saturated carbocycles. The van der Waals surface area contributed by atoms with E-state index in [9.17, 15) is 18.4 Å². The number of nitrogens with one attached hydrogen (secondary N) is 3. The van der Waals surface area contributed by atoms with Crippen molar-refractivity contribution in [1.82, 2.24) is 25.9 Å². The first kappa shape index (κ1) is 21.0. The Labute approximate surface area is 187 Å². The zero-order chi connectivity index (χ0) is 23.2. The van der Waals surface area contributed by atoms with Gasteiger partial charge in [0.1, 0.15) is 23.4 Å². The summed E-state index contributed by atoms with van der Waals surface area (Å²) in [5, 5.41) is 8.06. The van der Waals surface area contributed by atoms with Crippen molar-refractivity contribution < 1.29 is 23.1 Å². The lowest BCUT2D eigenvalue weighted by molar-refractivity contribution is -0.120. The van der Waals surface area contributed by atoms with Gasteiger partial charge in [-0.05, 0) is 37.1 Å². The summed E-state index contributed by atoms with van der Waals surface area (Å²) in [5.74, 6) is -3.07. The molecule has 2 aromatic heterocycles. The molecule has 3 heterocycles. The van der Waals surface area contributed by atoms with Crippen LogP contribution in [0, 0.1) is 11.6 Å². The number of amides is 3. The Kier molecular flexibility index (Phi) is 5.07. The SMILES string of the molecule is COc1cc(F)c([C@@H]2CNC(=O)[C@H]2NC(=O)NC2(c3ccc4ncccc4n3)CC2)c(F)c1. The summed E-state index contributed by atoms with van der Waals surface area (Å²) in [5.41, 5.74) is 1.22. The molecule has 3 aromatic rings. The number of fused-ring (bicyclic) bond motifs is 1. The number of aromatic nitrogens is 2. The van der Waals surface area contributed by atoms with E-state index in [1.807, 2.05) is 18.2 Å². The number of rotatable bonds is 5. The molecule has 2 aliphatic rings. The summed E-state index contributed by atoms with van der Waals surface area (Å²) in [6, 6.07) is 7.65. The summed E-state index contributed by atoms with van der Waals surface area (Å²) in [7, 11) is 1.30. The van der Waals surface area contributed by atoms with Crippen LogP contribution in [0.5, 0.6) is 5.75 Å². The molecule has 5 rings (SSSR count). The molecule has 3 amide bonds. The van der Waals surface area contributed by atoms with Crippen LogP contribution < -0.4 is 20.7 Å². The van der Waals surface area contributed by atoms with Crippen LogP contribution in [0.3, 0.4) is 0 Å². The van der Waals surface area contributed by atoms with Gasteiger partial charge in [0.2, 0.25) is 5.91 Å². The van der Waals surface area contributed by atoms with Crippen LogP contribution in [0.4, 0.5) is 13.6 Å². The standard InChI is InChI=1S/C23H21F2N5O3/c1-33-12-9-14(24)19(15(25)10-12)13-11-27-21(31)20(13)29-22(32)30-23(6-7-23)18-5-4-16-17(28-18)3-2-8-26-16/h2-5,8-10,13,20H,6-7,11H2,1H3,(H,27,31)(H2,29,30,32)/t13-,20-/m0/s1. The van der Waals surface area contributed by atoms with Crippen molar-refractivity contribution in [2.75, 3.05) is 13.7 Å². The first-order chi connectivity index (χ1) is 15.9. The van der Waals surface area contributed by atoms with Crippen LogP contribution in [-0.2, 0) is 10.3 Å². The zero-order valence-corrected chi connectivity index (χ0v) is 17.7. The number of methoxy groups -OCH3 is 1. The van der Waals surface area contributed by atoms with E-state index in [-0.39, 0.29) is 17.9 Å². The van der Waals surface area contributed by atoms with E-state index < -0.39 is 41.1 Å². The fourth-order valence-electron chi connectivity index (χ4n) is 4.28. The lowest BCUT2D eigenvalue weighted by Gasteiger charge is -2.23. The lowest BCUT2D eigenvalue weighted by atomic mass is 9.93. The maximum atomic E-state index is 14.6. The fourth-order valence-corrected chi connectivity index (χ4v) is 4.28. The maximum Gasteiger partial charge on any atom is 0.316 e. The van der Waals surface area contributed by atoms with E-state index in [1.54, 1.807) is 12.3 Å². The third kappa shape index (κ3) is 3.81. The Balaban J connectivity index is 1.35. The number of halogens is 2. The first-order valence-corrected chi connectivity index (χ1v) is 10.5. The zero-order valence-electron chi connectivity index (χ0n) is 17.7. The van der Waals surface area contributed by atoms with E-state index >= 15 is 0 Å². The number of ether oxygens (including phenoxy) is 1. The summed E-state index contributed by atoms with van der Waals surface area (Å²) in [4.78, 5) is 34.1. The maximum absolute atomic E-state index is 14.6. The largest absolute Gasteiger partial charge is 0.497 e. The predicted octanol–water partition coefficient (Wildman–Crippen LogP) is 2.49. The number of hydrogen-bond donors (Lipinski definition) is 3. The van der Waals surface area contributed by atoms with Crippen LogP contribution in [0.25, 0.3) is 11.0 Å². The smallest absolute Gasteiger partial charge is 0.316 e. The third-order valence-corrected chi connectivity index (χ3v) is 6.18. The number of pyridine rings is 2. The van der Waals surface area contributed by atoms with Gasteiger partial charge < -0.3 is 20.7 Å². The van der Waals surface area contributed by atoms with Crippen molar-refractivity contribution >= 4 is 23.0 Å². The van der Waals surface area contributed by atoms with Gasteiger partial charge in [0.15, 0.2) is 0 Å². The first-order valence-electron chi connectivity index (χ1n) is 10.5. The van der Waals surface area contributed by atoms with E-state index in [1.165, 1.54) is 7.11 Å². The monoisotopic (exact) mass is 453 g/mol. The Bertz CT molecular complexity index is 1240. The molecule has 0 bridgehead atoms. The predicted molar refractivity (Wildman–Crippen MR) is 115 cm³/mol. The molecule has 2 atom stereocenters. The van der Waals surface area contributed by atoms with Crippen LogP contribution in [0.15, 0.2) is 42.6 Å². The van der Waals surface area contributed by atoms with Gasteiger partial charge in [-0.3, -0.25) is 9.78 Å². The molecule has 2 fully saturated rings. The molecule has 1 aromatic carbocycles. The van der Waals surface area contributed by atoms with Crippen molar-refractivity contribution in [3.05, 3.63) is 65.5 Å². The van der Waals surface area contributed by atoms with E-state index in [0.717, 1.165) is 17.6 Å². The second-order valence-corrected chi connectivity index (χ2v) is 8.25. The van der Waals surface area contributed by atoms with Crippen LogP contribution in [-0.4, -0.2) is 41.6 Å². The molecular formula is C23H21F2N5O3. The number of hydrogen-bond acceptors (Lipinski definition) is 5. The normalized spacial score (nSPS) is 20.9. The summed E-state index contributed by atoms with van der Waals surface area (Å²) in [6.07, 6.45) is 3.04. The third-order valence-electron chi connectivity index (χ3n) is 6.18. The highest BCUT2D eigenvalue weighted by Gasteiger charge is 2.48. The van der Waals surface area contributed by atoms with Gasteiger partial charge in [0.25, 0.3) is 0 Å². The highest BCUT2D eigenvalue weighted by Crippen LogP contribution is 2.45. The minimum absolute atomic E-state index is 0.00563. The number of nitrogens with zero attached hydrogens (tertiary/aromatic N) is 2. The molecule has 10 heteroatoms. The minimum Gasteiger partial charge on any atom is -0.497 e. The quantitative estimate of drug-likeness (QED) is 0.551. The Morgan fingerprint density at radius 1 is 1.18 bits per heavy atom. The Morgan fingerprint density at radius 3 is 2.64 bits per heavy atom. The molecule has 1 aliphatic heterocycles. The van der Waals surface area contributed by atoms with E-state index in [2.05, 4.69) is 25.9 Å². The molecule has 0 unspecified atom stereocenters. The van der Waals surface area contributed by atoms with E-state index in [4.69, 9.17) is 4.74 Å². The molecule has 33 heavy (non-hydrogen) atoms. The second-order valence-electron chi connectivity index (χ2n) is 8.25. The highest BCUT2D eigenvalue weighted by molar-refractivity contribution is 5.90. The molecule has 170 valence electrons. The average Bonchev–Trinajstić information content (AvgIpc) is 3.51. The number of benzene rings is 1. The Hall–Kier alpha value is -3.82. The van der Waals surface area contributed by atoms with Crippen molar-refractivity contribution in [3.8, 4) is 5.75 Å². The number of urea groups is 1. The molecular weight excluding hydrogens is 432 g/mol. The summed E-state index contributed by atoms with van der Waals surface area (Å²) < 4.78 is 34.1. The van der Waals surface area contributed by atoms with Crippen LogP contribution in [0.2, 0.25) is 0 Å². The van der Waals surface area contributed by atoms with Gasteiger partial charge in [-0.1, -0.05) is 0 Å². The van der Waals surface area contributed by atoms with Gasteiger partial charge in [0, 0.05) is 36.4 Å². The summed E-state index contributed by atoms with van der Waals surface area (Å²) in [6.45, 7) is -0.00563. The van der Waals surface area contributed by atoms with Crippen LogP contribution in [0.1, 0.15) is 30.0 Å². The number of carbonyl (C=O) groups is 2. The van der Waals surface area contributed by atoms with E-state index in [0.29, 0.717) is 24.1 Å². The molecule has 1 aliphatic carbocycles. The fraction of sp³-hybridized carbons (Fsp3) is 0.304. The molecule has 8 nitrogen and oxygen atoms in total. The van der Waals surface area contributed by atoms with Gasteiger partial charge in [-0.25, -0.2) is 18.6 Å². The van der Waals surface area contributed by atoms with Gasteiger partial charge in [-0.2, -0.15) is 0 Å². The lowest BCUT2D eigenvalue weighted by Crippen LogP contribution is -2.50. The van der Waals surface area contributed by atoms with Gasteiger partial charge >= 0.3 is 6.03 Å². The van der Waals surface area contributed by atoms with Gasteiger partial charge in [-0.15, -0.1) is 0 Å². The molecule has 3 N–H and O–H groups in total. The minimum atomic E-state index is -1.13. The average molecular weight is 453 g/mol. The molecule has 0 radical (unpaired) electrons. The molecule has 0 spiro atoms. The van der Waals surface area contributed by atoms with Crippen molar-refractivity contribution in [1.29, 1.82) is 0 Å². The van der Waals surface area contributed by atoms with Crippen LogP contribution >= 0.6 is 0 Å². The van der Waals surface area contributed by atoms with Gasteiger partial charge in [0.05, 0.1) is 29.4 Å². The number of carbonyl (C=O) groups excluding carboxylic acids is 2. The van der Waals surface area contributed by atoms with Crippen molar-refractivity contribution in [2.24, 2.45) is 0 Å². The van der Waals surface area contributed by atoms with Crippen molar-refractivity contribution in [2.45, 2.75) is 30.3 Å². The van der Waals surface area contributed by atoms with Crippen molar-refractivity contribution in [3.63, 3.8) is 0 Å². The summed E-state index contributed by atoms with van der Waals surface area (Å²) >= 11 is 0.